The van der Waals surface area contributed by atoms with Crippen LogP contribution >= 0.6 is 11.8 Å². The topological polar surface area (TPSA) is 79.1 Å². The maximum Gasteiger partial charge on any atom is 0.387 e. The average Bonchev–Trinajstić information content (AvgIpc) is 3.28. The Morgan fingerprint density at radius 3 is 2.49 bits per heavy atom. The molecule has 0 spiro atoms. The summed E-state index contributed by atoms with van der Waals surface area (Å²) in [5.74, 6) is 0.742. The van der Waals surface area contributed by atoms with E-state index in [1.165, 1.54) is 6.07 Å². The number of aryl methyl sites for hydroxylation is 1. The molecule has 4 rings (SSSR count). The van der Waals surface area contributed by atoms with Crippen LogP contribution in [0.3, 0.4) is 0 Å². The highest BCUT2D eigenvalue weighted by Crippen LogP contribution is 2.30. The number of benzene rings is 2. The predicted octanol–water partition coefficient (Wildman–Crippen LogP) is 5.61. The lowest BCUT2D eigenvalue weighted by molar-refractivity contribution is -0.0501. The fraction of sp³-hybridized carbons (Fsp3) is 0.200. The van der Waals surface area contributed by atoms with Gasteiger partial charge in [-0.25, -0.2) is 0 Å². The Bertz CT molecular complexity index is 1300. The number of carbonyl (C=O) groups excluding carboxylic acids is 1. The van der Waals surface area contributed by atoms with Crippen molar-refractivity contribution >= 4 is 17.5 Å². The average molecular weight is 497 g/mol. The van der Waals surface area contributed by atoms with Crippen molar-refractivity contribution in [3.63, 3.8) is 0 Å². The van der Waals surface area contributed by atoms with Gasteiger partial charge in [-0.3, -0.25) is 14.3 Å². The highest BCUT2D eigenvalue weighted by molar-refractivity contribution is 7.99. The van der Waals surface area contributed by atoms with Gasteiger partial charge < -0.3 is 9.47 Å². The molecule has 2 aromatic carbocycles. The van der Waals surface area contributed by atoms with Crippen molar-refractivity contribution in [2.75, 3.05) is 12.4 Å². The Hall–Kier alpha value is -3.79. The first-order valence-corrected chi connectivity index (χ1v) is 11.8. The monoisotopic (exact) mass is 496 g/mol. The van der Waals surface area contributed by atoms with Crippen LogP contribution < -0.4 is 9.47 Å². The molecule has 0 fully saturated rings. The molecule has 7 nitrogen and oxygen atoms in total. The third-order valence-electron chi connectivity index (χ3n) is 4.96. The van der Waals surface area contributed by atoms with Gasteiger partial charge in [0.2, 0.25) is 0 Å². The summed E-state index contributed by atoms with van der Waals surface area (Å²) in [5, 5.41) is 9.11. The van der Waals surface area contributed by atoms with Gasteiger partial charge in [0.05, 0.1) is 17.9 Å². The van der Waals surface area contributed by atoms with Crippen LogP contribution in [0, 0.1) is 6.92 Å². The normalized spacial score (nSPS) is 11.0. The molecule has 180 valence electrons. The van der Waals surface area contributed by atoms with Crippen molar-refractivity contribution in [1.82, 2.24) is 19.7 Å². The number of pyridine rings is 1. The number of Topliss-reactive ketones (excluding diaryl/α,β-unsaturated/α-hetero) is 1. The number of ketones is 1. The minimum absolute atomic E-state index is 0.0471. The van der Waals surface area contributed by atoms with Gasteiger partial charge in [-0.15, -0.1) is 10.2 Å². The summed E-state index contributed by atoms with van der Waals surface area (Å²) in [4.78, 5) is 17.0. The van der Waals surface area contributed by atoms with Crippen molar-refractivity contribution in [2.45, 2.75) is 25.6 Å². The van der Waals surface area contributed by atoms with Gasteiger partial charge in [-0.1, -0.05) is 23.4 Å². The van der Waals surface area contributed by atoms with Gasteiger partial charge in [-0.05, 0) is 62.4 Å². The number of nitrogens with zero attached hydrogens (tertiary/aromatic N) is 4. The summed E-state index contributed by atoms with van der Waals surface area (Å²) in [6.07, 6.45) is 3.32. The van der Waals surface area contributed by atoms with Crippen LogP contribution in [0.5, 0.6) is 11.5 Å². The van der Waals surface area contributed by atoms with Crippen LogP contribution in [0.2, 0.25) is 0 Å². The zero-order chi connectivity index (χ0) is 24.8. The first kappa shape index (κ1) is 24.3. The van der Waals surface area contributed by atoms with Gasteiger partial charge in [0.15, 0.2) is 16.8 Å². The summed E-state index contributed by atoms with van der Waals surface area (Å²) in [5.41, 5.74) is 2.43. The van der Waals surface area contributed by atoms with Crippen molar-refractivity contribution in [1.29, 1.82) is 0 Å². The Morgan fingerprint density at radius 2 is 1.80 bits per heavy atom. The van der Waals surface area contributed by atoms with Gasteiger partial charge in [-0.2, -0.15) is 8.78 Å². The zero-order valence-corrected chi connectivity index (χ0v) is 19.8. The lowest BCUT2D eigenvalue weighted by Crippen LogP contribution is -2.10. The van der Waals surface area contributed by atoms with E-state index in [-0.39, 0.29) is 22.8 Å². The Kier molecular flexibility index (Phi) is 7.71. The molecule has 2 heterocycles. The molecule has 0 atom stereocenters. The lowest BCUT2D eigenvalue weighted by atomic mass is 10.1. The molecule has 0 N–H and O–H groups in total. The Labute approximate surface area is 205 Å². The van der Waals surface area contributed by atoms with Gasteiger partial charge in [0, 0.05) is 23.6 Å². The minimum atomic E-state index is -3.03. The maximum atomic E-state index is 13.0. The molecule has 35 heavy (non-hydrogen) atoms. The molecular weight excluding hydrogens is 474 g/mol. The molecule has 2 aromatic heterocycles. The number of rotatable bonds is 10. The molecule has 0 radical (unpaired) electrons. The van der Waals surface area contributed by atoms with Crippen molar-refractivity contribution in [3.8, 4) is 28.6 Å². The number of alkyl halides is 2. The highest BCUT2D eigenvalue weighted by Gasteiger charge is 2.20. The molecule has 10 heteroatoms. The zero-order valence-electron chi connectivity index (χ0n) is 19.0. The van der Waals surface area contributed by atoms with E-state index < -0.39 is 6.61 Å². The maximum absolute atomic E-state index is 13.0. The summed E-state index contributed by atoms with van der Waals surface area (Å²) in [7, 11) is 0. The first-order chi connectivity index (χ1) is 17.0. The van der Waals surface area contributed by atoms with Crippen LogP contribution in [0.15, 0.2) is 72.1 Å². The number of thioether (sulfide) groups is 1. The van der Waals surface area contributed by atoms with Crippen LogP contribution in [0.25, 0.3) is 17.1 Å². The molecule has 0 saturated carbocycles. The third-order valence-corrected chi connectivity index (χ3v) is 5.89. The number of aromatic nitrogens is 4. The number of carbonyl (C=O) groups is 1. The molecule has 0 aliphatic carbocycles. The van der Waals surface area contributed by atoms with E-state index in [1.54, 1.807) is 31.5 Å². The smallest absolute Gasteiger partial charge is 0.387 e. The van der Waals surface area contributed by atoms with E-state index in [9.17, 15) is 13.6 Å². The second-order valence-electron chi connectivity index (χ2n) is 7.39. The molecule has 0 aliphatic rings. The second-order valence-corrected chi connectivity index (χ2v) is 8.34. The molecule has 0 bridgehead atoms. The van der Waals surface area contributed by atoms with E-state index in [0.29, 0.717) is 17.6 Å². The summed E-state index contributed by atoms with van der Waals surface area (Å²) in [6.45, 7) is 1.21. The molecule has 0 unspecified atom stereocenters. The number of hydrogen-bond acceptors (Lipinski definition) is 7. The van der Waals surface area contributed by atoms with Crippen LogP contribution in [-0.4, -0.2) is 44.5 Å². The fourth-order valence-corrected chi connectivity index (χ4v) is 4.25. The van der Waals surface area contributed by atoms with Gasteiger partial charge >= 0.3 is 6.61 Å². The molecule has 4 aromatic rings. The summed E-state index contributed by atoms with van der Waals surface area (Å²) in [6, 6.07) is 15.6. The quantitative estimate of drug-likeness (QED) is 0.208. The number of hydrogen-bond donors (Lipinski definition) is 0. The number of ether oxygens (including phenoxy) is 2. The largest absolute Gasteiger partial charge is 0.494 e. The van der Waals surface area contributed by atoms with E-state index in [1.807, 2.05) is 47.9 Å². The van der Waals surface area contributed by atoms with E-state index in [0.717, 1.165) is 34.3 Å². The van der Waals surface area contributed by atoms with Crippen LogP contribution in [-0.2, 0) is 0 Å². The standard InChI is InChI=1S/C25H22F2N4O3S/c1-3-33-19-7-5-18(6-8-19)31-23(17-10-12-28-13-11-17)29-30-25(31)35-15-21(32)20-14-16(2)4-9-22(20)34-24(26)27/h4-14,24H,3,15H2,1-2H3. The van der Waals surface area contributed by atoms with E-state index >= 15 is 0 Å². The van der Waals surface area contributed by atoms with Crippen LogP contribution in [0.1, 0.15) is 22.8 Å². The molecule has 0 aliphatic heterocycles. The predicted molar refractivity (Wildman–Crippen MR) is 129 cm³/mol. The minimum Gasteiger partial charge on any atom is -0.494 e. The first-order valence-electron chi connectivity index (χ1n) is 10.8. The third kappa shape index (κ3) is 5.83. The van der Waals surface area contributed by atoms with Crippen molar-refractivity contribution in [2.24, 2.45) is 0 Å². The van der Waals surface area contributed by atoms with Crippen molar-refractivity contribution in [3.05, 3.63) is 78.1 Å². The summed E-state index contributed by atoms with van der Waals surface area (Å²) < 4.78 is 37.6. The van der Waals surface area contributed by atoms with Gasteiger partial charge in [0.1, 0.15) is 11.5 Å². The Balaban J connectivity index is 1.65. The molecule has 0 amide bonds. The fourth-order valence-electron chi connectivity index (χ4n) is 3.41. The van der Waals surface area contributed by atoms with Crippen molar-refractivity contribution < 1.29 is 23.0 Å². The molecular formula is C25H22F2N4O3S. The second kappa shape index (κ2) is 11.1. The lowest BCUT2D eigenvalue weighted by Gasteiger charge is -2.12. The Morgan fingerprint density at radius 1 is 1.06 bits per heavy atom. The van der Waals surface area contributed by atoms with Crippen LogP contribution in [0.4, 0.5) is 8.78 Å². The molecule has 0 saturated heterocycles. The van der Waals surface area contributed by atoms with E-state index in [4.69, 9.17) is 4.74 Å². The summed E-state index contributed by atoms with van der Waals surface area (Å²) >= 11 is 1.16. The van der Waals surface area contributed by atoms with E-state index in [2.05, 4.69) is 19.9 Å². The van der Waals surface area contributed by atoms with Gasteiger partial charge in [0.25, 0.3) is 0 Å². The highest BCUT2D eigenvalue weighted by atomic mass is 32.2. The SMILES string of the molecule is CCOc1ccc(-n2c(SCC(=O)c3cc(C)ccc3OC(F)F)nnc2-c2ccncc2)cc1. The number of halogens is 2.